The van der Waals surface area contributed by atoms with Gasteiger partial charge in [-0.25, -0.2) is 4.98 Å². The van der Waals surface area contributed by atoms with Crippen LogP contribution in [0.4, 0.5) is 0 Å². The van der Waals surface area contributed by atoms with Gasteiger partial charge in [-0.05, 0) is 25.1 Å². The molecular weight excluding hydrogens is 320 g/mol. The fourth-order valence-electron chi connectivity index (χ4n) is 2.86. The summed E-state index contributed by atoms with van der Waals surface area (Å²) in [6, 6.07) is 5.49. The Morgan fingerprint density at radius 1 is 1.40 bits per heavy atom. The molecule has 1 atom stereocenters. The largest absolute Gasteiger partial charge is 0.367 e. The molecule has 25 heavy (non-hydrogen) atoms. The van der Waals surface area contributed by atoms with Crippen molar-refractivity contribution in [3.05, 3.63) is 54.0 Å². The molecule has 1 fully saturated rings. The molecule has 3 aromatic rings. The molecule has 2 N–H and O–H groups in total. The molecule has 0 saturated carbocycles. The van der Waals surface area contributed by atoms with Crippen LogP contribution in [0.2, 0.25) is 0 Å². The van der Waals surface area contributed by atoms with Gasteiger partial charge in [-0.3, -0.25) is 14.9 Å². The number of aryl methyl sites for hydroxylation is 1. The second-order valence-electron chi connectivity index (χ2n) is 5.97. The van der Waals surface area contributed by atoms with Gasteiger partial charge in [-0.2, -0.15) is 5.10 Å². The molecule has 1 amide bonds. The number of carbonyl (C=O) groups is 1. The Labute approximate surface area is 144 Å². The average Bonchev–Trinajstić information content (AvgIpc) is 3.31. The molecule has 1 aliphatic rings. The number of hydrogen-bond acceptors (Lipinski definition) is 5. The van der Waals surface area contributed by atoms with E-state index < -0.39 is 0 Å². The third-order valence-electron chi connectivity index (χ3n) is 4.15. The van der Waals surface area contributed by atoms with E-state index in [0.29, 0.717) is 31.1 Å². The van der Waals surface area contributed by atoms with Gasteiger partial charge in [0.15, 0.2) is 0 Å². The SMILES string of the molecule is Cc1cnc([C@@H]2CN(C(=O)c3cc(-c4cccnc4)n[nH]3)CCO2)[nH]1. The summed E-state index contributed by atoms with van der Waals surface area (Å²) in [6.07, 6.45) is 4.93. The number of nitrogens with one attached hydrogen (secondary N) is 2. The zero-order valence-corrected chi connectivity index (χ0v) is 13.8. The molecule has 0 aromatic carbocycles. The number of pyridine rings is 1. The molecule has 0 spiro atoms. The summed E-state index contributed by atoms with van der Waals surface area (Å²) in [5.41, 5.74) is 2.98. The Balaban J connectivity index is 1.50. The monoisotopic (exact) mass is 338 g/mol. The van der Waals surface area contributed by atoms with Crippen LogP contribution in [0.5, 0.6) is 0 Å². The number of carbonyl (C=O) groups excluding carboxylic acids is 1. The standard InChI is InChI=1S/C17H18N6O2/c1-11-8-19-16(20-11)15-10-23(5-6-25-15)17(24)14-7-13(21-22-14)12-3-2-4-18-9-12/h2-4,7-9,15H,5-6,10H2,1H3,(H,19,20)(H,21,22)/t15-/m0/s1. The van der Waals surface area contributed by atoms with Crippen LogP contribution in [0.1, 0.15) is 28.1 Å². The minimum Gasteiger partial charge on any atom is -0.367 e. The molecule has 128 valence electrons. The van der Waals surface area contributed by atoms with Crippen molar-refractivity contribution in [1.82, 2.24) is 30.0 Å². The van der Waals surface area contributed by atoms with Crippen molar-refractivity contribution >= 4 is 5.91 Å². The zero-order valence-electron chi connectivity index (χ0n) is 13.8. The lowest BCUT2D eigenvalue weighted by molar-refractivity contribution is -0.0266. The molecular formula is C17H18N6O2. The van der Waals surface area contributed by atoms with Gasteiger partial charge in [0.1, 0.15) is 17.6 Å². The van der Waals surface area contributed by atoms with Crippen LogP contribution in [0.3, 0.4) is 0 Å². The minimum absolute atomic E-state index is 0.0979. The van der Waals surface area contributed by atoms with Crippen LogP contribution < -0.4 is 0 Å². The number of aromatic nitrogens is 5. The topological polar surface area (TPSA) is 99.8 Å². The highest BCUT2D eigenvalue weighted by atomic mass is 16.5. The van der Waals surface area contributed by atoms with Crippen molar-refractivity contribution in [3.63, 3.8) is 0 Å². The number of hydrogen-bond donors (Lipinski definition) is 2. The van der Waals surface area contributed by atoms with Crippen molar-refractivity contribution in [1.29, 1.82) is 0 Å². The first kappa shape index (κ1) is 15.5. The van der Waals surface area contributed by atoms with E-state index in [-0.39, 0.29) is 12.0 Å². The molecule has 0 aliphatic carbocycles. The number of nitrogens with zero attached hydrogens (tertiary/aromatic N) is 4. The van der Waals surface area contributed by atoms with Gasteiger partial charge in [0, 0.05) is 36.4 Å². The van der Waals surface area contributed by atoms with Crippen molar-refractivity contribution < 1.29 is 9.53 Å². The van der Waals surface area contributed by atoms with Gasteiger partial charge in [-0.15, -0.1) is 0 Å². The summed E-state index contributed by atoms with van der Waals surface area (Å²) < 4.78 is 5.75. The first-order chi connectivity index (χ1) is 12.2. The fourth-order valence-corrected chi connectivity index (χ4v) is 2.86. The van der Waals surface area contributed by atoms with E-state index in [9.17, 15) is 4.79 Å². The van der Waals surface area contributed by atoms with Crippen LogP contribution in [-0.2, 0) is 4.74 Å². The van der Waals surface area contributed by atoms with Crippen LogP contribution in [0, 0.1) is 6.92 Å². The lowest BCUT2D eigenvalue weighted by Gasteiger charge is -2.31. The van der Waals surface area contributed by atoms with E-state index in [1.54, 1.807) is 29.6 Å². The maximum atomic E-state index is 12.8. The van der Waals surface area contributed by atoms with Crippen LogP contribution >= 0.6 is 0 Å². The first-order valence-corrected chi connectivity index (χ1v) is 8.09. The van der Waals surface area contributed by atoms with Crippen LogP contribution in [0.25, 0.3) is 11.3 Å². The Kier molecular flexibility index (Phi) is 4.02. The van der Waals surface area contributed by atoms with E-state index in [0.717, 1.165) is 17.1 Å². The number of imidazole rings is 1. The van der Waals surface area contributed by atoms with E-state index in [1.807, 2.05) is 19.1 Å². The second-order valence-corrected chi connectivity index (χ2v) is 5.97. The van der Waals surface area contributed by atoms with Gasteiger partial charge in [0.25, 0.3) is 5.91 Å². The molecule has 3 aromatic heterocycles. The number of aromatic amines is 2. The number of morpholine rings is 1. The smallest absolute Gasteiger partial charge is 0.272 e. The van der Waals surface area contributed by atoms with Gasteiger partial charge in [0.05, 0.1) is 18.8 Å². The van der Waals surface area contributed by atoms with Gasteiger partial charge < -0.3 is 14.6 Å². The Bertz CT molecular complexity index is 872. The first-order valence-electron chi connectivity index (χ1n) is 8.09. The molecule has 4 heterocycles. The summed E-state index contributed by atoms with van der Waals surface area (Å²) in [4.78, 5) is 26.1. The van der Waals surface area contributed by atoms with E-state index >= 15 is 0 Å². The predicted molar refractivity (Wildman–Crippen MR) is 89.7 cm³/mol. The second kappa shape index (κ2) is 6.48. The molecule has 8 heteroatoms. The molecule has 8 nitrogen and oxygen atoms in total. The highest BCUT2D eigenvalue weighted by Gasteiger charge is 2.28. The third-order valence-corrected chi connectivity index (χ3v) is 4.15. The van der Waals surface area contributed by atoms with E-state index in [1.165, 1.54) is 0 Å². The minimum atomic E-state index is -0.243. The maximum Gasteiger partial charge on any atom is 0.272 e. The third kappa shape index (κ3) is 3.16. The normalized spacial score (nSPS) is 17.6. The van der Waals surface area contributed by atoms with Gasteiger partial charge in [0.2, 0.25) is 0 Å². The van der Waals surface area contributed by atoms with Crippen molar-refractivity contribution in [2.24, 2.45) is 0 Å². The van der Waals surface area contributed by atoms with Gasteiger partial charge >= 0.3 is 0 Å². The maximum absolute atomic E-state index is 12.8. The fraction of sp³-hybridized carbons (Fsp3) is 0.294. The predicted octanol–water partition coefficient (Wildman–Crippen LogP) is 1.72. The number of amides is 1. The lowest BCUT2D eigenvalue weighted by Crippen LogP contribution is -2.42. The molecule has 1 saturated heterocycles. The number of ether oxygens (including phenoxy) is 1. The van der Waals surface area contributed by atoms with Crippen LogP contribution in [0.15, 0.2) is 36.8 Å². The van der Waals surface area contributed by atoms with Gasteiger partial charge in [-0.1, -0.05) is 0 Å². The summed E-state index contributed by atoms with van der Waals surface area (Å²) in [6.45, 7) is 3.40. The number of rotatable bonds is 3. The number of H-pyrrole nitrogens is 2. The summed E-state index contributed by atoms with van der Waals surface area (Å²) >= 11 is 0. The van der Waals surface area contributed by atoms with Crippen LogP contribution in [-0.4, -0.2) is 55.7 Å². The summed E-state index contributed by atoms with van der Waals surface area (Å²) in [7, 11) is 0. The molecule has 0 unspecified atom stereocenters. The molecule has 4 rings (SSSR count). The highest BCUT2D eigenvalue weighted by Crippen LogP contribution is 2.22. The van der Waals surface area contributed by atoms with E-state index in [2.05, 4.69) is 25.1 Å². The quantitative estimate of drug-likeness (QED) is 0.757. The average molecular weight is 338 g/mol. The molecule has 0 radical (unpaired) electrons. The lowest BCUT2D eigenvalue weighted by atomic mass is 10.2. The van der Waals surface area contributed by atoms with E-state index in [4.69, 9.17) is 4.74 Å². The summed E-state index contributed by atoms with van der Waals surface area (Å²) in [5.74, 6) is 0.648. The van der Waals surface area contributed by atoms with Crippen molar-refractivity contribution in [2.45, 2.75) is 13.0 Å². The Morgan fingerprint density at radius 2 is 2.32 bits per heavy atom. The Morgan fingerprint density at radius 3 is 3.08 bits per heavy atom. The Hall–Kier alpha value is -3.00. The zero-order chi connectivity index (χ0) is 17.2. The molecule has 0 bridgehead atoms. The highest BCUT2D eigenvalue weighted by molar-refractivity contribution is 5.93. The van der Waals surface area contributed by atoms with Crippen molar-refractivity contribution in [2.75, 3.05) is 19.7 Å². The van der Waals surface area contributed by atoms with Crippen molar-refractivity contribution in [3.8, 4) is 11.3 Å². The molecule has 1 aliphatic heterocycles. The summed E-state index contributed by atoms with van der Waals surface area (Å²) in [5, 5.41) is 7.05.